The first-order chi connectivity index (χ1) is 14.1. The van der Waals surface area contributed by atoms with Gasteiger partial charge in [0.05, 0.1) is 5.56 Å². The van der Waals surface area contributed by atoms with Gasteiger partial charge < -0.3 is 10.2 Å². The van der Waals surface area contributed by atoms with E-state index in [1.807, 2.05) is 11.8 Å². The monoisotopic (exact) mass is 422 g/mol. The van der Waals surface area contributed by atoms with Crippen LogP contribution in [-0.4, -0.2) is 43.9 Å². The average Bonchev–Trinajstić information content (AvgIpc) is 2.73. The molecular formula is C21H25F3N4O2+2. The topological polar surface area (TPSA) is 68.0 Å². The van der Waals surface area contributed by atoms with Gasteiger partial charge in [0.25, 0.3) is 11.7 Å². The van der Waals surface area contributed by atoms with Gasteiger partial charge in [-0.1, -0.05) is 12.1 Å². The summed E-state index contributed by atoms with van der Waals surface area (Å²) < 4.78 is 38.1. The normalized spacial score (nSPS) is 16.2. The number of hydrogen-bond acceptors (Lipinski definition) is 3. The van der Waals surface area contributed by atoms with E-state index in [1.54, 1.807) is 24.3 Å². The van der Waals surface area contributed by atoms with Crippen LogP contribution in [0.5, 0.6) is 0 Å². The maximum absolute atomic E-state index is 12.7. The van der Waals surface area contributed by atoms with Crippen LogP contribution < -0.4 is 20.1 Å². The van der Waals surface area contributed by atoms with Gasteiger partial charge in [0, 0.05) is 17.3 Å². The van der Waals surface area contributed by atoms with E-state index >= 15 is 0 Å². The molecule has 2 heterocycles. The van der Waals surface area contributed by atoms with Crippen LogP contribution in [0.15, 0.2) is 42.6 Å². The molecule has 1 aliphatic heterocycles. The number of piperazine rings is 1. The molecule has 30 heavy (non-hydrogen) atoms. The molecule has 3 rings (SSSR count). The summed E-state index contributed by atoms with van der Waals surface area (Å²) in [6.45, 7) is 5.91. The van der Waals surface area contributed by atoms with Gasteiger partial charge in [-0.3, -0.25) is 14.5 Å². The van der Waals surface area contributed by atoms with E-state index in [0.29, 0.717) is 43.2 Å². The second kappa shape index (κ2) is 8.83. The summed E-state index contributed by atoms with van der Waals surface area (Å²) in [4.78, 5) is 29.9. The molecule has 0 spiro atoms. The molecule has 0 saturated carbocycles. The molecule has 1 aliphatic rings. The van der Waals surface area contributed by atoms with E-state index in [1.165, 1.54) is 13.0 Å². The molecule has 2 aromatic rings. The van der Waals surface area contributed by atoms with Gasteiger partial charge in [0.2, 0.25) is 0 Å². The van der Waals surface area contributed by atoms with Crippen LogP contribution in [0.1, 0.15) is 29.8 Å². The van der Waals surface area contributed by atoms with E-state index in [9.17, 15) is 22.8 Å². The third-order valence-corrected chi connectivity index (χ3v) is 5.41. The molecule has 160 valence electrons. The first-order valence-corrected chi connectivity index (χ1v) is 9.75. The number of ketones is 1. The summed E-state index contributed by atoms with van der Waals surface area (Å²) >= 11 is 0. The Morgan fingerprint density at radius 1 is 1.17 bits per heavy atom. The number of benzene rings is 1. The van der Waals surface area contributed by atoms with Crippen LogP contribution in [0.2, 0.25) is 0 Å². The largest absolute Gasteiger partial charge is 0.419 e. The van der Waals surface area contributed by atoms with Gasteiger partial charge in [-0.2, -0.15) is 13.2 Å². The lowest BCUT2D eigenvalue weighted by Crippen LogP contribution is -3.19. The minimum Gasteiger partial charge on any atom is -0.321 e. The molecule has 0 bridgehead atoms. The number of halogens is 3. The van der Waals surface area contributed by atoms with E-state index < -0.39 is 11.7 Å². The highest BCUT2D eigenvalue weighted by molar-refractivity contribution is 5.97. The first-order valence-electron chi connectivity index (χ1n) is 9.75. The lowest BCUT2D eigenvalue weighted by molar-refractivity contribution is -0.914. The third kappa shape index (κ3) is 5.15. The zero-order valence-electron chi connectivity index (χ0n) is 16.8. The lowest BCUT2D eigenvalue weighted by Gasteiger charge is -2.31. The highest BCUT2D eigenvalue weighted by Crippen LogP contribution is 2.28. The maximum atomic E-state index is 12.7. The Morgan fingerprint density at radius 3 is 2.43 bits per heavy atom. The van der Waals surface area contributed by atoms with E-state index in [2.05, 4.69) is 10.3 Å². The predicted octanol–water partition coefficient (Wildman–Crippen LogP) is 1.45. The molecule has 6 nitrogen and oxygen atoms in total. The summed E-state index contributed by atoms with van der Waals surface area (Å²) in [6, 6.07) is 9.02. The van der Waals surface area contributed by atoms with Gasteiger partial charge >= 0.3 is 6.18 Å². The first kappa shape index (κ1) is 21.8. The van der Waals surface area contributed by atoms with E-state index in [4.69, 9.17) is 0 Å². The number of alkyl halides is 3. The Bertz CT molecular complexity index is 907. The van der Waals surface area contributed by atoms with Crippen LogP contribution in [0.4, 0.5) is 24.7 Å². The number of pyridine rings is 1. The average molecular weight is 422 g/mol. The van der Waals surface area contributed by atoms with Crippen LogP contribution in [-0.2, 0) is 11.0 Å². The van der Waals surface area contributed by atoms with Gasteiger partial charge in [0.1, 0.15) is 32.4 Å². The van der Waals surface area contributed by atoms with Crippen molar-refractivity contribution in [3.8, 4) is 0 Å². The fraction of sp³-hybridized carbons (Fsp3) is 0.381. The molecule has 1 aromatic carbocycles. The summed E-state index contributed by atoms with van der Waals surface area (Å²) in [6.07, 6.45) is -3.40. The molecule has 0 aliphatic carbocycles. The molecule has 9 heteroatoms. The Kier molecular flexibility index (Phi) is 6.40. The fourth-order valence-electron chi connectivity index (χ4n) is 3.51. The number of anilines is 2. The number of rotatable bonds is 5. The Hall–Kier alpha value is -2.94. The fourth-order valence-corrected chi connectivity index (χ4v) is 3.51. The maximum Gasteiger partial charge on any atom is 0.419 e. The molecule has 3 N–H and O–H groups in total. The molecule has 1 aromatic heterocycles. The molecule has 1 fully saturated rings. The summed E-state index contributed by atoms with van der Waals surface area (Å²) in [7, 11) is 0. The van der Waals surface area contributed by atoms with Crippen molar-refractivity contribution in [2.24, 2.45) is 0 Å². The zero-order chi connectivity index (χ0) is 21.9. The van der Waals surface area contributed by atoms with Crippen molar-refractivity contribution < 1.29 is 32.6 Å². The molecule has 0 unspecified atom stereocenters. The second-order valence-corrected chi connectivity index (χ2v) is 7.45. The summed E-state index contributed by atoms with van der Waals surface area (Å²) in [5, 5.41) is 2.86. The number of carbonyl (C=O) groups is 2. The minimum absolute atomic E-state index is 0.0686. The van der Waals surface area contributed by atoms with Crippen LogP contribution in [0, 0.1) is 0 Å². The van der Waals surface area contributed by atoms with Crippen LogP contribution in [0.3, 0.4) is 0 Å². The standard InChI is InChI=1S/C21H23F3N4O2/c1-14(20(30)26-18-5-3-4-16(12-18)15(2)29)27-8-10-28(11-9-27)19-7-6-17(13-25-19)21(22,23)24/h3-7,12-14H,8-11H2,1-2H3,(H,26,30)/p+2/t14-/m1/s1. The minimum atomic E-state index is -4.37. The van der Waals surface area contributed by atoms with Crippen LogP contribution in [0.25, 0.3) is 0 Å². The van der Waals surface area contributed by atoms with E-state index in [0.717, 1.165) is 17.2 Å². The van der Waals surface area contributed by atoms with Gasteiger partial charge in [0.15, 0.2) is 11.8 Å². The highest BCUT2D eigenvalue weighted by atomic mass is 19.4. The van der Waals surface area contributed by atoms with Crippen molar-refractivity contribution in [2.75, 3.05) is 36.4 Å². The molecular weight excluding hydrogens is 397 g/mol. The number of nitrogens with zero attached hydrogens (tertiary/aromatic N) is 1. The zero-order valence-corrected chi connectivity index (χ0v) is 16.8. The van der Waals surface area contributed by atoms with Crippen molar-refractivity contribution in [3.63, 3.8) is 0 Å². The number of nitrogens with one attached hydrogen (secondary N) is 3. The van der Waals surface area contributed by atoms with Crippen molar-refractivity contribution >= 4 is 23.2 Å². The number of aromatic nitrogens is 1. The van der Waals surface area contributed by atoms with E-state index in [-0.39, 0.29) is 17.7 Å². The Morgan fingerprint density at radius 2 is 1.87 bits per heavy atom. The smallest absolute Gasteiger partial charge is 0.321 e. The molecule has 1 saturated heterocycles. The van der Waals surface area contributed by atoms with Gasteiger partial charge in [-0.15, -0.1) is 0 Å². The highest BCUT2D eigenvalue weighted by Gasteiger charge is 2.34. The number of aromatic amines is 1. The molecule has 1 amide bonds. The number of amides is 1. The van der Waals surface area contributed by atoms with Crippen LogP contribution >= 0.6 is 0 Å². The van der Waals surface area contributed by atoms with Crippen molar-refractivity contribution in [2.45, 2.75) is 26.1 Å². The van der Waals surface area contributed by atoms with Crippen molar-refractivity contribution in [1.82, 2.24) is 0 Å². The lowest BCUT2D eigenvalue weighted by atomic mass is 10.1. The van der Waals surface area contributed by atoms with Gasteiger partial charge in [-0.25, -0.2) is 4.98 Å². The Balaban J connectivity index is 1.56. The third-order valence-electron chi connectivity index (χ3n) is 5.41. The predicted molar refractivity (Wildman–Crippen MR) is 105 cm³/mol. The quantitative estimate of drug-likeness (QED) is 0.717. The second-order valence-electron chi connectivity index (χ2n) is 7.45. The summed E-state index contributed by atoms with van der Waals surface area (Å²) in [5.74, 6) is 0.418. The number of quaternary nitrogens is 1. The number of hydrogen-bond donors (Lipinski definition) is 2. The summed E-state index contributed by atoms with van der Waals surface area (Å²) in [5.41, 5.74) is 0.404. The molecule has 1 atom stereocenters. The SMILES string of the molecule is CC(=O)c1cccc(NC(=O)[C@@H](C)[NH+]2CCN(c3ccc(C(F)(F)F)c[nH+]3)CC2)c1. The number of H-pyrrole nitrogens is 1. The van der Waals surface area contributed by atoms with Gasteiger partial charge in [-0.05, 0) is 32.0 Å². The molecule has 0 radical (unpaired) electrons. The van der Waals surface area contributed by atoms with Crippen molar-refractivity contribution in [1.29, 1.82) is 0 Å². The van der Waals surface area contributed by atoms with Crippen molar-refractivity contribution in [3.05, 3.63) is 53.7 Å². The number of Topliss-reactive ketones (excluding diaryl/α,β-unsaturated/α-hetero) is 1. The number of carbonyl (C=O) groups excluding carboxylic acids is 2. The Labute approximate surface area is 172 Å².